The van der Waals surface area contributed by atoms with Gasteiger partial charge >= 0.3 is 6.09 Å². The van der Waals surface area contributed by atoms with Gasteiger partial charge in [0, 0.05) is 12.1 Å². The van der Waals surface area contributed by atoms with Crippen LogP contribution in [0.5, 0.6) is 5.88 Å². The van der Waals surface area contributed by atoms with E-state index < -0.39 is 35.3 Å². The predicted molar refractivity (Wildman–Crippen MR) is 150 cm³/mol. The van der Waals surface area contributed by atoms with E-state index in [1.54, 1.807) is 0 Å². The molecule has 1 unspecified atom stereocenters. The van der Waals surface area contributed by atoms with Crippen LogP contribution in [0.1, 0.15) is 79.3 Å². The van der Waals surface area contributed by atoms with Crippen molar-refractivity contribution in [2.24, 2.45) is 0 Å². The number of anilines is 1. The van der Waals surface area contributed by atoms with Gasteiger partial charge in [-0.05, 0) is 38.5 Å². The molecular formula is C27H33ClN4O7S. The van der Waals surface area contributed by atoms with Crippen LogP contribution in [0.3, 0.4) is 0 Å². The number of methoxy groups -OCH3 is 1. The minimum Gasteiger partial charge on any atom is -0.480 e. The molecule has 1 saturated heterocycles. The van der Waals surface area contributed by atoms with Gasteiger partial charge in [-0.3, -0.25) is 19.2 Å². The second-order valence-electron chi connectivity index (χ2n) is 9.72. The number of rotatable bonds is 14. The zero-order chi connectivity index (χ0) is 29.4. The Balaban J connectivity index is 1.76. The third kappa shape index (κ3) is 7.16. The number of hydrogen-bond donors (Lipinski definition) is 2. The van der Waals surface area contributed by atoms with Crippen LogP contribution >= 0.6 is 22.9 Å². The molecule has 1 atom stereocenters. The van der Waals surface area contributed by atoms with E-state index >= 15 is 0 Å². The number of halogens is 1. The largest absolute Gasteiger partial charge is 0.480 e. The molecule has 1 fully saturated rings. The fourth-order valence-corrected chi connectivity index (χ4v) is 5.04. The van der Waals surface area contributed by atoms with Crippen LogP contribution in [-0.2, 0) is 14.3 Å². The SMILES string of the molecule is CCCCCCCCNC(=O)c1ccc(NC(=O)C(C(=O)c2scnc2OC)N2C(=O)OC(C)(C)C2=O)c(Cl)c1. The van der Waals surface area contributed by atoms with E-state index in [2.05, 4.69) is 22.5 Å². The van der Waals surface area contributed by atoms with Gasteiger partial charge in [-0.15, -0.1) is 11.3 Å². The Morgan fingerprint density at radius 2 is 1.85 bits per heavy atom. The van der Waals surface area contributed by atoms with Gasteiger partial charge in [0.2, 0.25) is 11.7 Å². The average Bonchev–Trinajstić information content (AvgIpc) is 3.47. The molecule has 0 radical (unpaired) electrons. The van der Waals surface area contributed by atoms with Crippen molar-refractivity contribution in [3.8, 4) is 5.88 Å². The zero-order valence-electron chi connectivity index (χ0n) is 22.9. The summed E-state index contributed by atoms with van der Waals surface area (Å²) in [5, 5.41) is 5.37. The highest BCUT2D eigenvalue weighted by Gasteiger charge is 2.54. The summed E-state index contributed by atoms with van der Waals surface area (Å²) in [4.78, 5) is 69.4. The molecule has 13 heteroatoms. The topological polar surface area (TPSA) is 144 Å². The molecule has 1 aromatic heterocycles. The number of cyclic esters (lactones) is 1. The number of ketones is 1. The molecule has 0 aliphatic carbocycles. The van der Waals surface area contributed by atoms with Gasteiger partial charge < -0.3 is 20.1 Å². The fraction of sp³-hybridized carbons (Fsp3) is 0.481. The lowest BCUT2D eigenvalue weighted by Gasteiger charge is -2.23. The number of Topliss-reactive ketones (excluding diaryl/α,β-unsaturated/α-hetero) is 1. The summed E-state index contributed by atoms with van der Waals surface area (Å²) in [5.74, 6) is -3.13. The van der Waals surface area contributed by atoms with Crippen molar-refractivity contribution < 1.29 is 33.4 Å². The normalized spacial score (nSPS) is 15.0. The summed E-state index contributed by atoms with van der Waals surface area (Å²) in [7, 11) is 1.30. The maximum absolute atomic E-state index is 13.5. The number of imide groups is 1. The number of benzene rings is 1. The lowest BCUT2D eigenvalue weighted by molar-refractivity contribution is -0.137. The van der Waals surface area contributed by atoms with Crippen LogP contribution in [0.15, 0.2) is 23.7 Å². The fourth-order valence-electron chi connectivity index (χ4n) is 4.10. The standard InChI is InChI=1S/C27H33ClN4O7S/c1-5-6-7-8-9-10-13-29-22(34)16-11-12-18(17(28)14-16)31-23(35)19(20(33)21-24(38-4)30-15-40-21)32-25(36)27(2,3)39-26(32)37/h11-12,14-15,19H,5-10,13H2,1-4H3,(H,29,34)(H,31,35). The summed E-state index contributed by atoms with van der Waals surface area (Å²) in [5.41, 5.74) is 0.126. The van der Waals surface area contributed by atoms with Gasteiger partial charge in [0.25, 0.3) is 17.7 Å². The zero-order valence-corrected chi connectivity index (χ0v) is 24.4. The molecule has 0 spiro atoms. The quantitative estimate of drug-likeness (QED) is 0.180. The Labute approximate surface area is 241 Å². The number of carbonyl (C=O) groups excluding carboxylic acids is 5. The van der Waals surface area contributed by atoms with E-state index in [1.807, 2.05) is 0 Å². The first kappa shape index (κ1) is 31.0. The van der Waals surface area contributed by atoms with Crippen molar-refractivity contribution in [2.45, 2.75) is 70.9 Å². The van der Waals surface area contributed by atoms with Crippen molar-refractivity contribution in [3.63, 3.8) is 0 Å². The third-order valence-corrected chi connectivity index (χ3v) is 7.42. The van der Waals surface area contributed by atoms with Crippen LogP contribution in [0, 0.1) is 0 Å². The summed E-state index contributed by atoms with van der Waals surface area (Å²) >= 11 is 7.25. The number of amides is 4. The second kappa shape index (κ2) is 13.7. The van der Waals surface area contributed by atoms with Crippen molar-refractivity contribution in [3.05, 3.63) is 39.2 Å². The molecule has 1 aromatic carbocycles. The lowest BCUT2D eigenvalue weighted by atomic mass is 10.0. The number of thiazole rings is 1. The molecule has 4 amide bonds. The van der Waals surface area contributed by atoms with Gasteiger partial charge in [-0.25, -0.2) is 14.7 Å². The third-order valence-electron chi connectivity index (χ3n) is 6.28. The molecule has 0 saturated carbocycles. The molecule has 2 aromatic rings. The first-order chi connectivity index (χ1) is 19.0. The molecule has 2 N–H and O–H groups in total. The summed E-state index contributed by atoms with van der Waals surface area (Å²) in [6, 6.07) is 2.34. The number of unbranched alkanes of at least 4 members (excludes halogenated alkanes) is 5. The first-order valence-corrected chi connectivity index (χ1v) is 14.2. The molecule has 11 nitrogen and oxygen atoms in total. The van der Waals surface area contributed by atoms with Crippen LogP contribution in [0.4, 0.5) is 10.5 Å². The number of ether oxygens (including phenoxy) is 2. The molecule has 1 aliphatic heterocycles. The molecule has 0 bridgehead atoms. The monoisotopic (exact) mass is 592 g/mol. The van der Waals surface area contributed by atoms with Gasteiger partial charge in [0.1, 0.15) is 4.88 Å². The smallest absolute Gasteiger partial charge is 0.418 e. The lowest BCUT2D eigenvalue weighted by Crippen LogP contribution is -2.53. The Morgan fingerprint density at radius 3 is 2.48 bits per heavy atom. The van der Waals surface area contributed by atoms with Crippen LogP contribution < -0.4 is 15.4 Å². The van der Waals surface area contributed by atoms with Gasteiger partial charge in [-0.1, -0.05) is 50.6 Å². The molecule has 2 heterocycles. The summed E-state index contributed by atoms with van der Waals surface area (Å²) in [6.07, 6.45) is 5.44. The number of carbonyl (C=O) groups is 5. The number of nitrogens with one attached hydrogen (secondary N) is 2. The van der Waals surface area contributed by atoms with E-state index in [-0.39, 0.29) is 32.9 Å². The van der Waals surface area contributed by atoms with E-state index in [4.69, 9.17) is 21.1 Å². The van der Waals surface area contributed by atoms with Gasteiger partial charge in [0.15, 0.2) is 11.6 Å². The first-order valence-electron chi connectivity index (χ1n) is 13.0. The van der Waals surface area contributed by atoms with Crippen molar-refractivity contribution in [1.82, 2.24) is 15.2 Å². The summed E-state index contributed by atoms with van der Waals surface area (Å²) in [6.45, 7) is 5.40. The van der Waals surface area contributed by atoms with Crippen molar-refractivity contribution in [2.75, 3.05) is 19.0 Å². The Morgan fingerprint density at radius 1 is 1.15 bits per heavy atom. The minimum atomic E-state index is -1.92. The van der Waals surface area contributed by atoms with Crippen LogP contribution in [-0.4, -0.2) is 64.8 Å². The highest BCUT2D eigenvalue weighted by atomic mass is 35.5. The number of nitrogens with zero attached hydrogens (tertiary/aromatic N) is 2. The highest BCUT2D eigenvalue weighted by molar-refractivity contribution is 7.12. The predicted octanol–water partition coefficient (Wildman–Crippen LogP) is 4.84. The molecule has 3 rings (SSSR count). The molecule has 40 heavy (non-hydrogen) atoms. The highest BCUT2D eigenvalue weighted by Crippen LogP contribution is 2.31. The Bertz CT molecular complexity index is 1280. The van der Waals surface area contributed by atoms with E-state index in [1.165, 1.54) is 63.9 Å². The molecule has 216 valence electrons. The Hall–Kier alpha value is -3.51. The number of hydrogen-bond acceptors (Lipinski definition) is 9. The van der Waals surface area contributed by atoms with E-state index in [0.717, 1.165) is 30.6 Å². The van der Waals surface area contributed by atoms with Crippen LogP contribution in [0.2, 0.25) is 5.02 Å². The average molecular weight is 593 g/mol. The van der Waals surface area contributed by atoms with Gasteiger partial charge in [0.05, 0.1) is 23.3 Å². The maximum Gasteiger partial charge on any atom is 0.418 e. The second-order valence-corrected chi connectivity index (χ2v) is 11.0. The minimum absolute atomic E-state index is 0.0257. The van der Waals surface area contributed by atoms with Crippen molar-refractivity contribution in [1.29, 1.82) is 0 Å². The number of aromatic nitrogens is 1. The Kier molecular flexibility index (Phi) is 10.6. The maximum atomic E-state index is 13.5. The van der Waals surface area contributed by atoms with Gasteiger partial charge in [-0.2, -0.15) is 0 Å². The molecular weight excluding hydrogens is 560 g/mol. The molecule has 1 aliphatic rings. The van der Waals surface area contributed by atoms with E-state index in [9.17, 15) is 24.0 Å². The van der Waals surface area contributed by atoms with Crippen LogP contribution in [0.25, 0.3) is 0 Å². The van der Waals surface area contributed by atoms with E-state index in [0.29, 0.717) is 11.4 Å². The summed E-state index contributed by atoms with van der Waals surface area (Å²) < 4.78 is 10.2. The van der Waals surface area contributed by atoms with Crippen molar-refractivity contribution >= 4 is 58.2 Å².